The van der Waals surface area contributed by atoms with Gasteiger partial charge in [-0.25, -0.2) is 4.68 Å². The number of para-hydroxylation sites is 1. The van der Waals surface area contributed by atoms with Gasteiger partial charge in [-0.3, -0.25) is 9.59 Å². The van der Waals surface area contributed by atoms with E-state index in [1.165, 1.54) is 16.3 Å². The fourth-order valence-electron chi connectivity index (χ4n) is 3.68. The predicted octanol–water partition coefficient (Wildman–Crippen LogP) is 3.67. The van der Waals surface area contributed by atoms with Gasteiger partial charge in [0.2, 0.25) is 5.91 Å². The first-order chi connectivity index (χ1) is 13.7. The van der Waals surface area contributed by atoms with E-state index in [1.54, 1.807) is 6.07 Å². The van der Waals surface area contributed by atoms with Crippen LogP contribution in [0, 0.1) is 0 Å². The molecule has 0 aliphatic carbocycles. The molecule has 1 aliphatic heterocycles. The van der Waals surface area contributed by atoms with E-state index in [0.717, 1.165) is 36.3 Å². The number of benzene rings is 2. The topological polar surface area (TPSA) is 55.2 Å². The number of aryl methyl sites for hydroxylation is 2. The number of hydrogen-bond donors (Lipinski definition) is 0. The maximum absolute atomic E-state index is 12.7. The monoisotopic (exact) mass is 373 g/mol. The molecule has 0 N–H and O–H groups in total. The first-order valence-corrected chi connectivity index (χ1v) is 9.74. The molecule has 0 atom stereocenters. The summed E-state index contributed by atoms with van der Waals surface area (Å²) >= 11 is 0. The third-order valence-corrected chi connectivity index (χ3v) is 5.11. The maximum Gasteiger partial charge on any atom is 0.266 e. The van der Waals surface area contributed by atoms with Gasteiger partial charge in [0, 0.05) is 36.8 Å². The van der Waals surface area contributed by atoms with E-state index in [4.69, 9.17) is 0 Å². The molecule has 2 aromatic carbocycles. The van der Waals surface area contributed by atoms with Crippen molar-refractivity contribution >= 4 is 11.6 Å². The molecular weight excluding hydrogens is 350 g/mol. The van der Waals surface area contributed by atoms with Crippen molar-refractivity contribution in [1.29, 1.82) is 0 Å². The summed E-state index contributed by atoms with van der Waals surface area (Å²) in [6, 6.07) is 21.2. The number of nitrogens with zero attached hydrogens (tertiary/aromatic N) is 3. The van der Waals surface area contributed by atoms with Crippen LogP contribution >= 0.6 is 0 Å². The summed E-state index contributed by atoms with van der Waals surface area (Å²) < 4.78 is 1.46. The number of fused-ring (bicyclic) bond motifs is 1. The van der Waals surface area contributed by atoms with Crippen molar-refractivity contribution in [2.24, 2.45) is 0 Å². The minimum atomic E-state index is -0.143. The first kappa shape index (κ1) is 18.2. The summed E-state index contributed by atoms with van der Waals surface area (Å²) in [4.78, 5) is 26.8. The number of amides is 1. The Balaban J connectivity index is 1.42. The van der Waals surface area contributed by atoms with Gasteiger partial charge < -0.3 is 4.90 Å². The minimum absolute atomic E-state index is 0.111. The smallest absolute Gasteiger partial charge is 0.266 e. The fourth-order valence-corrected chi connectivity index (χ4v) is 3.68. The van der Waals surface area contributed by atoms with Gasteiger partial charge in [0.25, 0.3) is 5.56 Å². The number of carbonyl (C=O) groups is 1. The lowest BCUT2D eigenvalue weighted by atomic mass is 10.0. The Morgan fingerprint density at radius 2 is 1.75 bits per heavy atom. The molecule has 2 heterocycles. The highest BCUT2D eigenvalue weighted by Gasteiger charge is 2.21. The molecule has 3 aromatic rings. The van der Waals surface area contributed by atoms with Gasteiger partial charge in [0.15, 0.2) is 0 Å². The second-order valence-corrected chi connectivity index (χ2v) is 7.03. The van der Waals surface area contributed by atoms with Crippen LogP contribution in [0.3, 0.4) is 0 Å². The van der Waals surface area contributed by atoms with Gasteiger partial charge in [-0.2, -0.15) is 5.10 Å². The van der Waals surface area contributed by atoms with Crippen molar-refractivity contribution in [3.05, 3.63) is 82.6 Å². The fraction of sp³-hybridized carbons (Fsp3) is 0.261. The van der Waals surface area contributed by atoms with Gasteiger partial charge in [-0.1, -0.05) is 48.5 Å². The molecule has 5 heteroatoms. The SMILES string of the molecule is O=C(CCCn1nc(-c2ccccc2)ccc1=O)N1CCCc2ccccc21. The molecule has 28 heavy (non-hydrogen) atoms. The molecule has 0 bridgehead atoms. The van der Waals surface area contributed by atoms with Crippen LogP contribution in [0.1, 0.15) is 24.8 Å². The number of rotatable bonds is 5. The van der Waals surface area contributed by atoms with E-state index in [-0.39, 0.29) is 11.5 Å². The number of aromatic nitrogens is 2. The van der Waals surface area contributed by atoms with Gasteiger partial charge in [0.05, 0.1) is 5.69 Å². The molecule has 4 rings (SSSR count). The average Bonchev–Trinajstić information content (AvgIpc) is 2.75. The van der Waals surface area contributed by atoms with E-state index in [0.29, 0.717) is 19.4 Å². The molecule has 0 saturated heterocycles. The zero-order valence-corrected chi connectivity index (χ0v) is 15.8. The summed E-state index contributed by atoms with van der Waals surface area (Å²) in [7, 11) is 0. The highest BCUT2D eigenvalue weighted by atomic mass is 16.2. The van der Waals surface area contributed by atoms with Crippen molar-refractivity contribution < 1.29 is 4.79 Å². The molecule has 0 spiro atoms. The van der Waals surface area contributed by atoms with E-state index < -0.39 is 0 Å². The molecule has 142 valence electrons. The Bertz CT molecular complexity index is 1030. The third-order valence-electron chi connectivity index (χ3n) is 5.11. The van der Waals surface area contributed by atoms with Crippen LogP contribution in [0.2, 0.25) is 0 Å². The van der Waals surface area contributed by atoms with Crippen molar-refractivity contribution in [1.82, 2.24) is 9.78 Å². The van der Waals surface area contributed by atoms with Gasteiger partial charge >= 0.3 is 0 Å². The maximum atomic E-state index is 12.7. The van der Waals surface area contributed by atoms with Crippen molar-refractivity contribution in [3.63, 3.8) is 0 Å². The zero-order valence-electron chi connectivity index (χ0n) is 15.8. The van der Waals surface area contributed by atoms with Crippen LogP contribution < -0.4 is 10.5 Å². The predicted molar refractivity (Wildman–Crippen MR) is 110 cm³/mol. The Kier molecular flexibility index (Phi) is 5.33. The van der Waals surface area contributed by atoms with Gasteiger partial charge in [-0.05, 0) is 37.0 Å². The van der Waals surface area contributed by atoms with Crippen molar-refractivity contribution in [2.75, 3.05) is 11.4 Å². The lowest BCUT2D eigenvalue weighted by Crippen LogP contribution is -2.35. The summed E-state index contributed by atoms with van der Waals surface area (Å²) in [6.45, 7) is 1.19. The van der Waals surface area contributed by atoms with E-state index in [1.807, 2.05) is 53.4 Å². The lowest BCUT2D eigenvalue weighted by Gasteiger charge is -2.29. The highest BCUT2D eigenvalue weighted by Crippen LogP contribution is 2.27. The van der Waals surface area contributed by atoms with Gasteiger partial charge in [0.1, 0.15) is 0 Å². The Morgan fingerprint density at radius 3 is 2.61 bits per heavy atom. The second-order valence-electron chi connectivity index (χ2n) is 7.03. The second kappa shape index (κ2) is 8.21. The van der Waals surface area contributed by atoms with E-state index in [2.05, 4.69) is 11.2 Å². The first-order valence-electron chi connectivity index (χ1n) is 9.74. The Labute approximate surface area is 164 Å². The van der Waals surface area contributed by atoms with Crippen molar-refractivity contribution in [3.8, 4) is 11.3 Å². The molecule has 1 aliphatic rings. The van der Waals surface area contributed by atoms with Crippen LogP contribution in [0.25, 0.3) is 11.3 Å². The number of hydrogen-bond acceptors (Lipinski definition) is 3. The van der Waals surface area contributed by atoms with Crippen LogP contribution in [-0.2, 0) is 17.8 Å². The lowest BCUT2D eigenvalue weighted by molar-refractivity contribution is -0.118. The molecule has 5 nitrogen and oxygen atoms in total. The molecule has 0 unspecified atom stereocenters. The molecule has 0 radical (unpaired) electrons. The minimum Gasteiger partial charge on any atom is -0.312 e. The average molecular weight is 373 g/mol. The Hall–Kier alpha value is -3.21. The number of anilines is 1. The van der Waals surface area contributed by atoms with Crippen molar-refractivity contribution in [2.45, 2.75) is 32.2 Å². The molecule has 0 saturated carbocycles. The summed E-state index contributed by atoms with van der Waals surface area (Å²) in [5.74, 6) is 0.111. The molecular formula is C23H23N3O2. The highest BCUT2D eigenvalue weighted by molar-refractivity contribution is 5.94. The summed E-state index contributed by atoms with van der Waals surface area (Å²) in [5.41, 5.74) is 3.85. The van der Waals surface area contributed by atoms with E-state index >= 15 is 0 Å². The molecule has 0 fully saturated rings. The summed E-state index contributed by atoms with van der Waals surface area (Å²) in [6.07, 6.45) is 3.00. The van der Waals surface area contributed by atoms with Crippen LogP contribution in [-0.4, -0.2) is 22.2 Å². The zero-order chi connectivity index (χ0) is 19.3. The molecule has 1 amide bonds. The normalized spacial score (nSPS) is 13.2. The Morgan fingerprint density at radius 1 is 0.964 bits per heavy atom. The van der Waals surface area contributed by atoms with Crippen LogP contribution in [0.15, 0.2) is 71.5 Å². The largest absolute Gasteiger partial charge is 0.312 e. The third kappa shape index (κ3) is 3.88. The standard InChI is InChI=1S/C23H23N3O2/c27-22(25-16-6-11-19-10-4-5-12-21(19)25)13-7-17-26-23(28)15-14-20(24-26)18-8-2-1-3-9-18/h1-5,8-10,12,14-15H,6-7,11,13,16-17H2. The molecule has 1 aromatic heterocycles. The van der Waals surface area contributed by atoms with Crippen LogP contribution in [0.4, 0.5) is 5.69 Å². The van der Waals surface area contributed by atoms with Crippen LogP contribution in [0.5, 0.6) is 0 Å². The van der Waals surface area contributed by atoms with Gasteiger partial charge in [-0.15, -0.1) is 0 Å². The quantitative estimate of drug-likeness (QED) is 0.686. The van der Waals surface area contributed by atoms with E-state index in [9.17, 15) is 9.59 Å². The number of carbonyl (C=O) groups excluding carboxylic acids is 1. The summed E-state index contributed by atoms with van der Waals surface area (Å²) in [5, 5.41) is 4.47.